The Labute approximate surface area is 170 Å². The van der Waals surface area contributed by atoms with Crippen molar-refractivity contribution in [3.63, 3.8) is 0 Å². The van der Waals surface area contributed by atoms with Crippen molar-refractivity contribution in [2.24, 2.45) is 0 Å². The van der Waals surface area contributed by atoms with Gasteiger partial charge in [-0.15, -0.1) is 5.10 Å². The molecule has 0 bridgehead atoms. The summed E-state index contributed by atoms with van der Waals surface area (Å²) in [4.78, 5) is 26.1. The first-order chi connectivity index (χ1) is 13.4. The van der Waals surface area contributed by atoms with Crippen LogP contribution in [0.2, 0.25) is 0 Å². The van der Waals surface area contributed by atoms with Crippen LogP contribution in [0.15, 0.2) is 18.2 Å². The lowest BCUT2D eigenvalue weighted by Crippen LogP contribution is -2.35. The van der Waals surface area contributed by atoms with Crippen LogP contribution in [0.3, 0.4) is 0 Å². The van der Waals surface area contributed by atoms with E-state index >= 15 is 0 Å². The Morgan fingerprint density at radius 2 is 1.79 bits per heavy atom. The van der Waals surface area contributed by atoms with Crippen molar-refractivity contribution >= 4 is 28.9 Å². The molecule has 1 fully saturated rings. The number of nitrogens with one attached hydrogen (secondary N) is 1. The molecule has 29 heavy (non-hydrogen) atoms. The van der Waals surface area contributed by atoms with E-state index in [4.69, 9.17) is 9.47 Å². The highest BCUT2D eigenvalue weighted by atomic mass is 16.6. The molecule has 3 rings (SSSR count). The highest BCUT2D eigenvalue weighted by Crippen LogP contribution is 2.27. The maximum absolute atomic E-state index is 12.3. The molecule has 9 nitrogen and oxygen atoms in total. The van der Waals surface area contributed by atoms with Crippen LogP contribution in [-0.2, 0) is 9.47 Å². The predicted octanol–water partition coefficient (Wildman–Crippen LogP) is 3.96. The molecule has 158 valence electrons. The van der Waals surface area contributed by atoms with E-state index < -0.39 is 17.3 Å². The molecule has 1 atom stereocenters. The maximum atomic E-state index is 12.3. The van der Waals surface area contributed by atoms with E-state index in [9.17, 15) is 9.59 Å². The van der Waals surface area contributed by atoms with E-state index in [1.807, 2.05) is 47.6 Å². The fourth-order valence-electron chi connectivity index (χ4n) is 3.14. The largest absolute Gasteiger partial charge is 0.444 e. The molecule has 1 unspecified atom stereocenters. The molecular weight excluding hydrogens is 374 g/mol. The number of fused-ring (bicyclic) bond motifs is 1. The van der Waals surface area contributed by atoms with E-state index in [1.54, 1.807) is 21.7 Å². The van der Waals surface area contributed by atoms with E-state index in [0.29, 0.717) is 18.8 Å². The number of likely N-dealkylation sites (tertiary alicyclic amines) is 1. The number of rotatable bonds is 2. The summed E-state index contributed by atoms with van der Waals surface area (Å²) in [5.41, 5.74) is 0.992. The van der Waals surface area contributed by atoms with Crippen molar-refractivity contribution in [3.05, 3.63) is 18.2 Å². The Kier molecular flexibility index (Phi) is 5.42. The van der Waals surface area contributed by atoms with Gasteiger partial charge >= 0.3 is 12.2 Å². The van der Waals surface area contributed by atoms with Gasteiger partial charge in [0.25, 0.3) is 0 Å². The molecule has 1 saturated heterocycles. The molecular formula is C20H29N5O4. The van der Waals surface area contributed by atoms with Gasteiger partial charge in [-0.2, -0.15) is 0 Å². The maximum Gasteiger partial charge on any atom is 0.412 e. The second-order valence-electron chi connectivity index (χ2n) is 9.23. The average Bonchev–Trinajstić information content (AvgIpc) is 3.17. The molecule has 1 aromatic heterocycles. The molecule has 1 aliphatic rings. The lowest BCUT2D eigenvalue weighted by molar-refractivity contribution is 0.0288. The molecule has 1 aliphatic heterocycles. The Hall–Kier alpha value is -2.84. The molecule has 0 spiro atoms. The van der Waals surface area contributed by atoms with Gasteiger partial charge in [-0.25, -0.2) is 14.3 Å². The van der Waals surface area contributed by atoms with Crippen LogP contribution in [-0.4, -0.2) is 56.4 Å². The van der Waals surface area contributed by atoms with Gasteiger partial charge in [0.15, 0.2) is 0 Å². The summed E-state index contributed by atoms with van der Waals surface area (Å²) in [7, 11) is 0. The Morgan fingerprint density at radius 1 is 1.10 bits per heavy atom. The minimum Gasteiger partial charge on any atom is -0.444 e. The first kappa shape index (κ1) is 20.9. The van der Waals surface area contributed by atoms with Crippen LogP contribution in [0.4, 0.5) is 15.3 Å². The van der Waals surface area contributed by atoms with Crippen molar-refractivity contribution in [3.8, 4) is 0 Å². The fourth-order valence-corrected chi connectivity index (χ4v) is 3.14. The van der Waals surface area contributed by atoms with Crippen LogP contribution in [0.5, 0.6) is 0 Å². The minimum atomic E-state index is -0.577. The smallest absolute Gasteiger partial charge is 0.412 e. The van der Waals surface area contributed by atoms with Gasteiger partial charge in [0.05, 0.1) is 11.6 Å². The molecule has 1 aromatic carbocycles. The van der Waals surface area contributed by atoms with Gasteiger partial charge in [-0.1, -0.05) is 5.21 Å². The van der Waals surface area contributed by atoms with E-state index in [2.05, 4.69) is 15.6 Å². The van der Waals surface area contributed by atoms with E-state index in [0.717, 1.165) is 17.5 Å². The number of carbonyl (C=O) groups excluding carboxylic acids is 2. The van der Waals surface area contributed by atoms with Gasteiger partial charge in [0.1, 0.15) is 16.7 Å². The van der Waals surface area contributed by atoms with Crippen LogP contribution in [0.1, 0.15) is 54.0 Å². The number of anilines is 1. The van der Waals surface area contributed by atoms with E-state index in [-0.39, 0.29) is 12.1 Å². The van der Waals surface area contributed by atoms with Crippen LogP contribution >= 0.6 is 0 Å². The third kappa shape index (κ3) is 5.36. The van der Waals surface area contributed by atoms with Crippen LogP contribution in [0.25, 0.3) is 11.0 Å². The molecule has 0 saturated carbocycles. The summed E-state index contributed by atoms with van der Waals surface area (Å²) in [6.45, 7) is 12.1. The molecule has 2 amide bonds. The number of hydrogen-bond donors (Lipinski definition) is 1. The van der Waals surface area contributed by atoms with Gasteiger partial charge in [0.2, 0.25) is 0 Å². The Balaban J connectivity index is 1.74. The molecule has 2 aromatic rings. The quantitative estimate of drug-likeness (QED) is 0.815. The van der Waals surface area contributed by atoms with Crippen LogP contribution in [0, 0.1) is 0 Å². The van der Waals surface area contributed by atoms with Gasteiger partial charge in [0, 0.05) is 18.8 Å². The van der Waals surface area contributed by atoms with Crippen molar-refractivity contribution in [1.29, 1.82) is 0 Å². The van der Waals surface area contributed by atoms with Crippen molar-refractivity contribution in [1.82, 2.24) is 19.9 Å². The second-order valence-corrected chi connectivity index (χ2v) is 9.23. The lowest BCUT2D eigenvalue weighted by Gasteiger charge is -2.24. The topological polar surface area (TPSA) is 98.6 Å². The summed E-state index contributed by atoms with van der Waals surface area (Å²) >= 11 is 0. The number of aromatic nitrogens is 3. The van der Waals surface area contributed by atoms with Crippen LogP contribution < -0.4 is 5.32 Å². The molecule has 2 heterocycles. The summed E-state index contributed by atoms with van der Waals surface area (Å²) in [5.74, 6) is 0. The average molecular weight is 403 g/mol. The Bertz CT molecular complexity index is 910. The number of nitrogens with zero attached hydrogens (tertiary/aromatic N) is 4. The second kappa shape index (κ2) is 7.53. The molecule has 0 aliphatic carbocycles. The highest BCUT2D eigenvalue weighted by Gasteiger charge is 2.32. The number of amides is 2. The molecule has 1 N–H and O–H groups in total. The fraction of sp³-hybridized carbons (Fsp3) is 0.600. The lowest BCUT2D eigenvalue weighted by atomic mass is 10.2. The summed E-state index contributed by atoms with van der Waals surface area (Å²) in [6.07, 6.45) is -0.0916. The first-order valence-corrected chi connectivity index (χ1v) is 9.74. The van der Waals surface area contributed by atoms with Crippen molar-refractivity contribution < 1.29 is 19.1 Å². The predicted molar refractivity (Wildman–Crippen MR) is 109 cm³/mol. The first-order valence-electron chi connectivity index (χ1n) is 9.74. The van der Waals surface area contributed by atoms with Crippen molar-refractivity contribution in [2.45, 2.75) is 65.2 Å². The van der Waals surface area contributed by atoms with Gasteiger partial charge < -0.3 is 14.4 Å². The summed E-state index contributed by atoms with van der Waals surface area (Å²) < 4.78 is 12.6. The SMILES string of the molecule is CC(C)(C)OC(=O)Nc1ccc2nnn(C3CCN(C(=O)OC(C)(C)C)C3)c2c1. The number of hydrogen-bond acceptors (Lipinski definition) is 6. The minimum absolute atomic E-state index is 0.00991. The normalized spacial score (nSPS) is 17.4. The standard InChI is InChI=1S/C20H29N5O4/c1-19(2,3)28-17(26)21-13-7-8-15-16(11-13)25(23-22-15)14-9-10-24(12-14)18(27)29-20(4,5)6/h7-8,11,14H,9-10,12H2,1-6H3,(H,21,26). The zero-order valence-electron chi connectivity index (χ0n) is 17.9. The summed E-state index contributed by atoms with van der Waals surface area (Å²) in [5, 5.41) is 11.2. The highest BCUT2D eigenvalue weighted by molar-refractivity contribution is 5.88. The Morgan fingerprint density at radius 3 is 2.45 bits per heavy atom. The molecule has 0 radical (unpaired) electrons. The van der Waals surface area contributed by atoms with Gasteiger partial charge in [-0.05, 0) is 66.2 Å². The van der Waals surface area contributed by atoms with E-state index in [1.165, 1.54) is 0 Å². The van der Waals surface area contributed by atoms with Crippen molar-refractivity contribution in [2.75, 3.05) is 18.4 Å². The zero-order chi connectivity index (χ0) is 21.4. The molecule has 9 heteroatoms. The monoisotopic (exact) mass is 403 g/mol. The zero-order valence-corrected chi connectivity index (χ0v) is 17.9. The summed E-state index contributed by atoms with van der Waals surface area (Å²) in [6, 6.07) is 5.36. The number of ether oxygens (including phenoxy) is 2. The third-order valence-electron chi connectivity index (χ3n) is 4.28. The third-order valence-corrected chi connectivity index (χ3v) is 4.28. The number of benzene rings is 1. The number of carbonyl (C=O) groups is 2. The van der Waals surface area contributed by atoms with Gasteiger partial charge in [-0.3, -0.25) is 5.32 Å².